The quantitative estimate of drug-likeness (QED) is 0.163. The zero-order valence-electron chi connectivity index (χ0n) is 39.4. The van der Waals surface area contributed by atoms with E-state index >= 15 is 0 Å². The first-order valence-electron chi connectivity index (χ1n) is 22.9. The number of nitrogens with one attached hydrogen (secondary N) is 1. The maximum absolute atomic E-state index is 14.6. The standard InChI is InChI=1S/C47H78N2O13/c1-14-34-47(10)41(61-44(53)62-47)28(4)36(48-22-18-21-32-19-16-15-17-20-32)26(2)24-45(8,54)40(60-43-37(50)33(49(11)12)23-27(3)56-43)29(5)38(30(6)42(52)58-34)59-35-25-46(9,55-13)39(51)31(7)57-35/h15-17,19-20,26-31,33-41,43,48,50-51,54H,14,18,21-25H2,1-13H3/t26-,27-,28+,29+,30-,31+,33+,34-,35+,36+,37-,38+,39+,40-,41?,43+,45+,46-,47-/m1/s1. The number of nitrogens with zero attached hydrogens (tertiary/aromatic N) is 1. The van der Waals surface area contributed by atoms with Gasteiger partial charge in [0.15, 0.2) is 24.3 Å². The van der Waals surface area contributed by atoms with Gasteiger partial charge in [-0.3, -0.25) is 4.79 Å². The van der Waals surface area contributed by atoms with Crippen molar-refractivity contribution < 1.29 is 62.8 Å². The Bertz CT molecular complexity index is 1600. The lowest BCUT2D eigenvalue weighted by atomic mass is 9.72. The lowest BCUT2D eigenvalue weighted by molar-refractivity contribution is -0.318. The Morgan fingerprint density at radius 1 is 0.919 bits per heavy atom. The number of hydrogen-bond acceptors (Lipinski definition) is 15. The largest absolute Gasteiger partial charge is 0.509 e. The molecule has 4 N–H and O–H groups in total. The van der Waals surface area contributed by atoms with Crippen LogP contribution in [0.4, 0.5) is 4.79 Å². The molecule has 0 bridgehead atoms. The number of esters is 1. The van der Waals surface area contributed by atoms with Gasteiger partial charge in [-0.05, 0) is 106 Å². The summed E-state index contributed by atoms with van der Waals surface area (Å²) in [7, 11) is 5.31. The molecule has 62 heavy (non-hydrogen) atoms. The van der Waals surface area contributed by atoms with Crippen LogP contribution in [0.5, 0.6) is 0 Å². The van der Waals surface area contributed by atoms with E-state index in [2.05, 4.69) is 24.4 Å². The molecular weight excluding hydrogens is 801 g/mol. The Morgan fingerprint density at radius 3 is 2.23 bits per heavy atom. The molecule has 354 valence electrons. The number of aliphatic hydroxyl groups excluding tert-OH is 2. The monoisotopic (exact) mass is 879 g/mol. The van der Waals surface area contributed by atoms with Crippen LogP contribution < -0.4 is 5.32 Å². The van der Waals surface area contributed by atoms with Gasteiger partial charge in [-0.1, -0.05) is 58.0 Å². The van der Waals surface area contributed by atoms with Crippen LogP contribution in [0.3, 0.4) is 0 Å². The van der Waals surface area contributed by atoms with Gasteiger partial charge in [0, 0.05) is 37.5 Å². The molecule has 4 fully saturated rings. The van der Waals surface area contributed by atoms with Crippen molar-refractivity contribution in [1.82, 2.24) is 10.2 Å². The summed E-state index contributed by atoms with van der Waals surface area (Å²) in [6.07, 6.45) is -6.86. The molecule has 4 saturated heterocycles. The average molecular weight is 879 g/mol. The third-order valence-electron chi connectivity index (χ3n) is 14.4. The highest BCUT2D eigenvalue weighted by atomic mass is 16.8. The van der Waals surface area contributed by atoms with Gasteiger partial charge in [0.25, 0.3) is 0 Å². The first-order valence-corrected chi connectivity index (χ1v) is 22.9. The van der Waals surface area contributed by atoms with Crippen molar-refractivity contribution in [2.45, 2.75) is 198 Å². The molecule has 4 aliphatic rings. The van der Waals surface area contributed by atoms with Crippen LogP contribution in [-0.2, 0) is 49.1 Å². The molecule has 15 nitrogen and oxygen atoms in total. The van der Waals surface area contributed by atoms with Gasteiger partial charge in [-0.2, -0.15) is 0 Å². The molecule has 19 atom stereocenters. The van der Waals surface area contributed by atoms with Crippen LogP contribution in [0.2, 0.25) is 0 Å². The van der Waals surface area contributed by atoms with E-state index in [9.17, 15) is 24.9 Å². The molecule has 15 heteroatoms. The van der Waals surface area contributed by atoms with Crippen LogP contribution >= 0.6 is 0 Å². The summed E-state index contributed by atoms with van der Waals surface area (Å²) in [5, 5.41) is 39.6. The molecule has 0 aliphatic carbocycles. The molecule has 5 rings (SSSR count). The molecule has 0 amide bonds. The highest BCUT2D eigenvalue weighted by Gasteiger charge is 2.59. The molecule has 0 radical (unpaired) electrons. The highest BCUT2D eigenvalue weighted by Crippen LogP contribution is 2.44. The number of carbonyl (C=O) groups is 2. The fourth-order valence-corrected chi connectivity index (χ4v) is 10.8. The van der Waals surface area contributed by atoms with E-state index in [1.165, 1.54) is 12.7 Å². The second kappa shape index (κ2) is 20.8. The van der Waals surface area contributed by atoms with Crippen molar-refractivity contribution in [3.05, 3.63) is 35.9 Å². The minimum Gasteiger partial charge on any atom is -0.458 e. The predicted molar refractivity (Wildman–Crippen MR) is 231 cm³/mol. The fourth-order valence-electron chi connectivity index (χ4n) is 10.8. The van der Waals surface area contributed by atoms with Crippen molar-refractivity contribution in [3.8, 4) is 0 Å². The molecule has 4 heterocycles. The number of aliphatic hydroxyl groups is 3. The van der Waals surface area contributed by atoms with E-state index in [1.54, 1.807) is 34.6 Å². The highest BCUT2D eigenvalue weighted by molar-refractivity contribution is 5.73. The second-order valence-electron chi connectivity index (χ2n) is 19.7. The number of likely N-dealkylation sites (N-methyl/N-ethyl adjacent to an activating group) is 1. The number of rotatable bonds is 12. The zero-order chi connectivity index (χ0) is 45.9. The van der Waals surface area contributed by atoms with Crippen LogP contribution in [0.15, 0.2) is 30.3 Å². The van der Waals surface area contributed by atoms with Crippen LogP contribution in [0, 0.1) is 23.7 Å². The molecule has 0 saturated carbocycles. The summed E-state index contributed by atoms with van der Waals surface area (Å²) in [5.41, 5.74) is -2.80. The number of fused-ring (bicyclic) bond motifs is 1. The van der Waals surface area contributed by atoms with Gasteiger partial charge in [0.2, 0.25) is 0 Å². The van der Waals surface area contributed by atoms with Crippen molar-refractivity contribution in [3.63, 3.8) is 0 Å². The smallest absolute Gasteiger partial charge is 0.458 e. The SMILES string of the molecule is CC[C@H]1OC(=O)[C@H](C)[C@@H](O[C@H]2C[C@@](C)(OC)[C@@H](O)[C@H](C)O2)[C@H](C)[C@@H](O[C@@H]2O[C@H](C)C[C@H](N(C)C)[C@H]2O)[C@@](C)(O)C[C@@H](C)[C@H](NCCCc2ccccc2)[C@H](C)C2OC(=O)O[C@@]21C. The molecular formula is C47H78N2O13. The van der Waals surface area contributed by atoms with Gasteiger partial charge in [0.1, 0.15) is 18.3 Å². The predicted octanol–water partition coefficient (Wildman–Crippen LogP) is 4.99. The van der Waals surface area contributed by atoms with Crippen LogP contribution in [0.1, 0.15) is 107 Å². The maximum Gasteiger partial charge on any atom is 0.509 e. The molecule has 1 aromatic carbocycles. The van der Waals surface area contributed by atoms with Crippen molar-refractivity contribution in [2.24, 2.45) is 23.7 Å². The molecule has 4 aliphatic heterocycles. The maximum atomic E-state index is 14.6. The first-order chi connectivity index (χ1) is 29.1. The third kappa shape index (κ3) is 11.1. The Balaban J connectivity index is 1.59. The van der Waals surface area contributed by atoms with Crippen LogP contribution in [-0.4, -0.2) is 150 Å². The minimum atomic E-state index is -1.63. The zero-order valence-corrected chi connectivity index (χ0v) is 39.4. The summed E-state index contributed by atoms with van der Waals surface area (Å²) in [6.45, 7) is 19.0. The van der Waals surface area contributed by atoms with Crippen molar-refractivity contribution >= 4 is 12.1 Å². The van der Waals surface area contributed by atoms with E-state index < -0.39 is 96.1 Å². The first kappa shape index (κ1) is 50.6. The number of methoxy groups -OCH3 is 1. The van der Waals surface area contributed by atoms with Crippen molar-refractivity contribution in [1.29, 1.82) is 0 Å². The third-order valence-corrected chi connectivity index (χ3v) is 14.4. The second-order valence-corrected chi connectivity index (χ2v) is 19.7. The van der Waals surface area contributed by atoms with Crippen LogP contribution in [0.25, 0.3) is 0 Å². The minimum absolute atomic E-state index is 0.131. The summed E-state index contributed by atoms with van der Waals surface area (Å²) in [6, 6.07) is 9.62. The Hall–Kier alpha value is -2.44. The summed E-state index contributed by atoms with van der Waals surface area (Å²) in [5.74, 6) is -3.03. The Kier molecular flexibility index (Phi) is 17.0. The van der Waals surface area contributed by atoms with E-state index in [0.717, 1.165) is 12.8 Å². The lowest BCUT2D eigenvalue weighted by Crippen LogP contribution is -2.61. The molecule has 0 spiro atoms. The normalized spacial score (nSPS) is 44.8. The van der Waals surface area contributed by atoms with Gasteiger partial charge < -0.3 is 63.4 Å². The van der Waals surface area contributed by atoms with Gasteiger partial charge in [-0.25, -0.2) is 4.79 Å². The molecule has 0 aromatic heterocycles. The topological polar surface area (TPSA) is 184 Å². The number of cyclic esters (lactones) is 1. The Morgan fingerprint density at radius 2 is 1.60 bits per heavy atom. The Labute approximate surface area is 369 Å². The average Bonchev–Trinajstić information content (AvgIpc) is 3.53. The number of aryl methyl sites for hydroxylation is 1. The van der Waals surface area contributed by atoms with Gasteiger partial charge in [0.05, 0.1) is 41.5 Å². The molecule has 1 unspecified atom stereocenters. The van der Waals surface area contributed by atoms with E-state index in [-0.39, 0.29) is 42.9 Å². The molecule has 1 aromatic rings. The summed E-state index contributed by atoms with van der Waals surface area (Å²) >= 11 is 0. The fraction of sp³-hybridized carbons (Fsp3) is 0.830. The van der Waals surface area contributed by atoms with E-state index in [1.807, 2.05) is 64.9 Å². The lowest BCUT2D eigenvalue weighted by Gasteiger charge is -2.49. The number of hydrogen-bond donors (Lipinski definition) is 4. The van der Waals surface area contributed by atoms with Crippen molar-refractivity contribution in [2.75, 3.05) is 27.7 Å². The summed E-state index contributed by atoms with van der Waals surface area (Å²) in [4.78, 5) is 29.7. The van der Waals surface area contributed by atoms with Gasteiger partial charge in [-0.15, -0.1) is 0 Å². The number of carbonyl (C=O) groups excluding carboxylic acids is 2. The van der Waals surface area contributed by atoms with Gasteiger partial charge >= 0.3 is 12.1 Å². The number of benzene rings is 1. The number of ether oxygens (including phenoxy) is 8. The van der Waals surface area contributed by atoms with E-state index in [4.69, 9.17) is 37.9 Å². The van der Waals surface area contributed by atoms with E-state index in [0.29, 0.717) is 19.4 Å². The summed E-state index contributed by atoms with van der Waals surface area (Å²) < 4.78 is 50.4.